The Labute approximate surface area is 353 Å². The van der Waals surface area contributed by atoms with Gasteiger partial charge in [0.15, 0.2) is 0 Å². The second kappa shape index (κ2) is 12.3. The van der Waals surface area contributed by atoms with Crippen molar-refractivity contribution < 1.29 is 0 Å². The van der Waals surface area contributed by atoms with Crippen LogP contribution < -0.4 is 4.90 Å². The highest BCUT2D eigenvalue weighted by Crippen LogP contribution is 2.61. The van der Waals surface area contributed by atoms with Gasteiger partial charge in [0.1, 0.15) is 0 Å². The summed E-state index contributed by atoms with van der Waals surface area (Å²) in [5, 5.41) is 13.3. The third-order valence-corrected chi connectivity index (χ3v) is 13.7. The lowest BCUT2D eigenvalue weighted by Gasteiger charge is -2.26. The van der Waals surface area contributed by atoms with Crippen LogP contribution in [0.4, 0.5) is 17.1 Å². The van der Waals surface area contributed by atoms with Crippen LogP contribution in [0.5, 0.6) is 0 Å². The van der Waals surface area contributed by atoms with E-state index in [9.17, 15) is 0 Å². The first-order valence-electron chi connectivity index (χ1n) is 21.3. The van der Waals surface area contributed by atoms with Crippen molar-refractivity contribution in [1.29, 1.82) is 0 Å². The zero-order valence-electron chi connectivity index (χ0n) is 33.2. The number of rotatable bonds is 5. The molecular formula is C60H35N. The number of nitrogens with zero attached hydrogens (tertiary/aromatic N) is 1. The number of benzene rings is 12. The molecule has 0 aliphatic heterocycles. The molecule has 2 aliphatic rings. The van der Waals surface area contributed by atoms with Crippen molar-refractivity contribution in [1.82, 2.24) is 0 Å². The molecule has 0 aromatic heterocycles. The molecule has 1 heteroatoms. The fraction of sp³-hybridized carbons (Fsp3) is 0. The Morgan fingerprint density at radius 2 is 0.590 bits per heavy atom. The molecule has 61 heavy (non-hydrogen) atoms. The Morgan fingerprint density at radius 1 is 0.213 bits per heavy atom. The summed E-state index contributed by atoms with van der Waals surface area (Å²) in [7, 11) is 0. The largest absolute Gasteiger partial charge is 0.310 e. The molecule has 0 saturated heterocycles. The van der Waals surface area contributed by atoms with Gasteiger partial charge in [0.05, 0.1) is 0 Å². The molecule has 0 unspecified atom stereocenters. The average Bonchev–Trinajstić information content (AvgIpc) is 3.84. The number of hydrogen-bond donors (Lipinski definition) is 0. The Hall–Kier alpha value is -8.00. The van der Waals surface area contributed by atoms with Gasteiger partial charge < -0.3 is 4.90 Å². The van der Waals surface area contributed by atoms with Crippen LogP contribution in [-0.4, -0.2) is 0 Å². The van der Waals surface area contributed by atoms with Crippen LogP contribution in [0, 0.1) is 0 Å². The summed E-state index contributed by atoms with van der Waals surface area (Å²) in [6, 6.07) is 78.9. The molecule has 280 valence electrons. The van der Waals surface area contributed by atoms with E-state index in [1.165, 1.54) is 121 Å². The van der Waals surface area contributed by atoms with E-state index in [2.05, 4.69) is 217 Å². The molecule has 1 nitrogen and oxygen atoms in total. The normalized spacial score (nSPS) is 12.3. The van der Waals surface area contributed by atoms with Crippen molar-refractivity contribution in [2.24, 2.45) is 0 Å². The molecule has 0 N–H and O–H groups in total. The first-order valence-corrected chi connectivity index (χ1v) is 21.3. The standard InChI is InChI=1S/C60H35N/c1-5-15-36(16-6-1)53-42-23-13-14-24-43(42)54(37-17-7-2-8-18-37)60-51-34-32-48-46-29-30-49-52-35-40(61(38-19-9-3-10-20-38)39-21-11-4-12-22-39)25-26-41(52)44-27-28-45(56(46)55(44)49)47-31-33-50(59(53)60)58(51)57(47)48/h1-35H. The van der Waals surface area contributed by atoms with Crippen molar-refractivity contribution in [3.8, 4) is 66.8 Å². The minimum atomic E-state index is 1.14. The first-order chi connectivity index (χ1) is 30.3. The molecule has 0 heterocycles. The van der Waals surface area contributed by atoms with E-state index in [0.717, 1.165) is 17.1 Å². The Balaban J connectivity index is 1.04. The molecule has 0 bridgehead atoms. The van der Waals surface area contributed by atoms with Crippen LogP contribution in [0.2, 0.25) is 0 Å². The van der Waals surface area contributed by atoms with Crippen LogP contribution in [-0.2, 0) is 0 Å². The Bertz CT molecular complexity index is 3600. The maximum atomic E-state index is 2.43. The molecule has 12 aromatic rings. The molecule has 2 aliphatic carbocycles. The van der Waals surface area contributed by atoms with Crippen molar-refractivity contribution in [3.05, 3.63) is 212 Å². The summed E-state index contributed by atoms with van der Waals surface area (Å²) < 4.78 is 0. The maximum Gasteiger partial charge on any atom is 0.0468 e. The van der Waals surface area contributed by atoms with Crippen molar-refractivity contribution in [2.45, 2.75) is 0 Å². The predicted molar refractivity (Wildman–Crippen MR) is 260 cm³/mol. The van der Waals surface area contributed by atoms with E-state index >= 15 is 0 Å². The summed E-state index contributed by atoms with van der Waals surface area (Å²) in [5.74, 6) is 0. The topological polar surface area (TPSA) is 3.24 Å². The van der Waals surface area contributed by atoms with E-state index in [-0.39, 0.29) is 0 Å². The van der Waals surface area contributed by atoms with Crippen LogP contribution in [0.1, 0.15) is 0 Å². The minimum absolute atomic E-state index is 1.14. The minimum Gasteiger partial charge on any atom is -0.310 e. The first kappa shape index (κ1) is 32.9. The highest BCUT2D eigenvalue weighted by Gasteiger charge is 2.33. The molecule has 0 saturated carbocycles. The number of anilines is 3. The van der Waals surface area contributed by atoms with Crippen LogP contribution in [0.15, 0.2) is 212 Å². The lowest BCUT2D eigenvalue weighted by Crippen LogP contribution is -2.09. The van der Waals surface area contributed by atoms with E-state index < -0.39 is 0 Å². The van der Waals surface area contributed by atoms with Gasteiger partial charge in [-0.25, -0.2) is 0 Å². The molecule has 0 atom stereocenters. The smallest absolute Gasteiger partial charge is 0.0468 e. The van der Waals surface area contributed by atoms with Crippen LogP contribution in [0.25, 0.3) is 121 Å². The van der Waals surface area contributed by atoms with Gasteiger partial charge in [0.25, 0.3) is 0 Å². The summed E-state index contributed by atoms with van der Waals surface area (Å²) in [5.41, 5.74) is 19.1. The summed E-state index contributed by atoms with van der Waals surface area (Å²) in [6.07, 6.45) is 0. The van der Waals surface area contributed by atoms with Crippen molar-refractivity contribution >= 4 is 70.9 Å². The van der Waals surface area contributed by atoms with Crippen LogP contribution in [0.3, 0.4) is 0 Å². The molecule has 14 rings (SSSR count). The number of para-hydroxylation sites is 2. The molecular weight excluding hydrogens is 735 g/mol. The van der Waals surface area contributed by atoms with Crippen LogP contribution >= 0.6 is 0 Å². The summed E-state index contributed by atoms with van der Waals surface area (Å²) >= 11 is 0. The van der Waals surface area contributed by atoms with E-state index in [0.29, 0.717) is 0 Å². The fourth-order valence-corrected chi connectivity index (χ4v) is 11.3. The lowest BCUT2D eigenvalue weighted by molar-refractivity contribution is 1.28. The number of hydrogen-bond acceptors (Lipinski definition) is 1. The van der Waals surface area contributed by atoms with Gasteiger partial charge >= 0.3 is 0 Å². The van der Waals surface area contributed by atoms with Gasteiger partial charge in [-0.2, -0.15) is 0 Å². The maximum absolute atomic E-state index is 2.43. The highest BCUT2D eigenvalue weighted by molar-refractivity contribution is 6.41. The second-order valence-corrected chi connectivity index (χ2v) is 16.7. The van der Waals surface area contributed by atoms with Gasteiger partial charge in [-0.05, 0) is 157 Å². The average molecular weight is 770 g/mol. The van der Waals surface area contributed by atoms with E-state index in [1.807, 2.05) is 0 Å². The molecule has 12 aromatic carbocycles. The fourth-order valence-electron chi connectivity index (χ4n) is 11.3. The molecule has 0 fully saturated rings. The SMILES string of the molecule is c1ccc(-c2c3c(c(-c4ccccc4)c4ccccc24)-c2ccc4c5ccc6c7c(ccc(c8ccc-3c2c84)c75)-c2ccc(N(c3ccccc3)c3ccccc3)cc2-6)cc1. The zero-order chi connectivity index (χ0) is 39.8. The molecule has 0 spiro atoms. The lowest BCUT2D eigenvalue weighted by atomic mass is 9.82. The molecule has 0 amide bonds. The van der Waals surface area contributed by atoms with Gasteiger partial charge in [0.2, 0.25) is 0 Å². The Kier molecular flexibility index (Phi) is 6.62. The van der Waals surface area contributed by atoms with Crippen molar-refractivity contribution in [2.75, 3.05) is 4.90 Å². The third kappa shape index (κ3) is 4.39. The predicted octanol–water partition coefficient (Wildman–Crippen LogP) is 17.0. The zero-order valence-corrected chi connectivity index (χ0v) is 33.2. The van der Waals surface area contributed by atoms with E-state index in [4.69, 9.17) is 0 Å². The van der Waals surface area contributed by atoms with Gasteiger partial charge in [-0.15, -0.1) is 0 Å². The monoisotopic (exact) mass is 769 g/mol. The summed E-state index contributed by atoms with van der Waals surface area (Å²) in [6.45, 7) is 0. The van der Waals surface area contributed by atoms with Gasteiger partial charge in [0, 0.05) is 17.1 Å². The third-order valence-electron chi connectivity index (χ3n) is 13.7. The van der Waals surface area contributed by atoms with Gasteiger partial charge in [-0.3, -0.25) is 0 Å². The number of fused-ring (bicyclic) bond motifs is 9. The quantitative estimate of drug-likeness (QED) is 0.124. The second-order valence-electron chi connectivity index (χ2n) is 16.7. The van der Waals surface area contributed by atoms with Crippen molar-refractivity contribution in [3.63, 3.8) is 0 Å². The van der Waals surface area contributed by atoms with E-state index in [1.54, 1.807) is 0 Å². The summed E-state index contributed by atoms with van der Waals surface area (Å²) in [4.78, 5) is 2.37. The molecule has 0 radical (unpaired) electrons. The Morgan fingerprint density at radius 3 is 1.07 bits per heavy atom. The van der Waals surface area contributed by atoms with Gasteiger partial charge in [-0.1, -0.05) is 176 Å². The highest BCUT2D eigenvalue weighted by atomic mass is 15.1.